The number of anilines is 2. The standard InChI is InChI=1S/C14H15Cl3N6O2/c1-7(25-10-5-4-8(15)6-9(10)16)11(24)21-22-13-18-12(17)19-14(20-13)23(2)3/h4-7H,1-3H3,(H,21,24)(H,18,19,20,22). The summed E-state index contributed by atoms with van der Waals surface area (Å²) in [5.74, 6) is 0.309. The highest BCUT2D eigenvalue weighted by Gasteiger charge is 2.17. The molecule has 1 atom stereocenters. The minimum Gasteiger partial charge on any atom is -0.479 e. The average Bonchev–Trinajstić information content (AvgIpc) is 2.54. The van der Waals surface area contributed by atoms with Gasteiger partial charge in [-0.05, 0) is 36.7 Å². The van der Waals surface area contributed by atoms with Crippen molar-refractivity contribution in [2.45, 2.75) is 13.0 Å². The van der Waals surface area contributed by atoms with Gasteiger partial charge in [0.2, 0.25) is 17.2 Å². The van der Waals surface area contributed by atoms with Crippen LogP contribution in [0.15, 0.2) is 18.2 Å². The summed E-state index contributed by atoms with van der Waals surface area (Å²) in [7, 11) is 3.50. The first kappa shape index (κ1) is 19.3. The van der Waals surface area contributed by atoms with Gasteiger partial charge in [-0.2, -0.15) is 15.0 Å². The van der Waals surface area contributed by atoms with E-state index in [2.05, 4.69) is 25.8 Å². The summed E-state index contributed by atoms with van der Waals surface area (Å²) in [4.78, 5) is 25.7. The number of benzene rings is 1. The number of rotatable bonds is 6. The molecular formula is C14H15Cl3N6O2. The fourth-order valence-corrected chi connectivity index (χ4v) is 2.24. The van der Waals surface area contributed by atoms with E-state index in [-0.39, 0.29) is 11.2 Å². The van der Waals surface area contributed by atoms with Crippen molar-refractivity contribution in [3.63, 3.8) is 0 Å². The van der Waals surface area contributed by atoms with E-state index in [0.717, 1.165) is 0 Å². The molecule has 0 radical (unpaired) electrons. The molecule has 8 nitrogen and oxygen atoms in total. The normalized spacial score (nSPS) is 11.6. The number of aromatic nitrogens is 3. The van der Waals surface area contributed by atoms with Crippen LogP contribution < -0.4 is 20.5 Å². The van der Waals surface area contributed by atoms with Crippen LogP contribution in [-0.2, 0) is 4.79 Å². The van der Waals surface area contributed by atoms with Gasteiger partial charge in [-0.15, -0.1) is 0 Å². The number of carbonyl (C=O) groups excluding carboxylic acids is 1. The SMILES string of the molecule is CC(Oc1ccc(Cl)cc1Cl)C(=O)NNc1nc(Cl)nc(N(C)C)n1. The van der Waals surface area contributed by atoms with Gasteiger partial charge in [0.05, 0.1) is 5.02 Å². The van der Waals surface area contributed by atoms with Crippen LogP contribution in [0.4, 0.5) is 11.9 Å². The van der Waals surface area contributed by atoms with Gasteiger partial charge in [-0.3, -0.25) is 15.6 Å². The Bertz CT molecular complexity index is 774. The fraction of sp³-hybridized carbons (Fsp3) is 0.286. The van der Waals surface area contributed by atoms with Crippen molar-refractivity contribution >= 4 is 52.6 Å². The number of carbonyl (C=O) groups is 1. The van der Waals surface area contributed by atoms with Gasteiger partial charge < -0.3 is 9.64 Å². The van der Waals surface area contributed by atoms with Crippen LogP contribution in [0.5, 0.6) is 5.75 Å². The van der Waals surface area contributed by atoms with Crippen LogP contribution in [0, 0.1) is 0 Å². The average molecular weight is 406 g/mol. The molecule has 2 N–H and O–H groups in total. The number of hydrogen-bond donors (Lipinski definition) is 2. The molecule has 2 aromatic rings. The second-order valence-corrected chi connectivity index (χ2v) is 6.25. The lowest BCUT2D eigenvalue weighted by atomic mass is 10.3. The topological polar surface area (TPSA) is 92.3 Å². The molecule has 1 amide bonds. The van der Waals surface area contributed by atoms with Crippen LogP contribution in [0.3, 0.4) is 0 Å². The van der Waals surface area contributed by atoms with Crippen molar-refractivity contribution in [3.05, 3.63) is 33.5 Å². The third-order valence-electron chi connectivity index (χ3n) is 2.86. The minimum atomic E-state index is -0.836. The third-order valence-corrected chi connectivity index (χ3v) is 3.56. The molecule has 0 aliphatic heterocycles. The number of amides is 1. The Morgan fingerprint density at radius 3 is 2.56 bits per heavy atom. The Balaban J connectivity index is 1.97. The number of ether oxygens (including phenoxy) is 1. The van der Waals surface area contributed by atoms with Crippen molar-refractivity contribution in [1.82, 2.24) is 20.4 Å². The molecule has 11 heteroatoms. The lowest BCUT2D eigenvalue weighted by molar-refractivity contribution is -0.126. The Hall–Kier alpha value is -2.03. The van der Waals surface area contributed by atoms with E-state index in [1.165, 1.54) is 6.07 Å². The zero-order valence-corrected chi connectivity index (χ0v) is 15.8. The zero-order valence-electron chi connectivity index (χ0n) is 13.5. The maximum absolute atomic E-state index is 12.1. The predicted molar refractivity (Wildman–Crippen MR) is 97.5 cm³/mol. The van der Waals surface area contributed by atoms with Crippen LogP contribution in [-0.4, -0.2) is 41.1 Å². The molecule has 0 aliphatic carbocycles. The molecular weight excluding hydrogens is 391 g/mol. The van der Waals surface area contributed by atoms with Crippen LogP contribution in [0.1, 0.15) is 6.92 Å². The number of nitrogens with one attached hydrogen (secondary N) is 2. The molecule has 0 saturated heterocycles. The van der Waals surface area contributed by atoms with E-state index in [0.29, 0.717) is 21.7 Å². The maximum Gasteiger partial charge on any atom is 0.279 e. The van der Waals surface area contributed by atoms with E-state index in [1.54, 1.807) is 38.1 Å². The van der Waals surface area contributed by atoms with Gasteiger partial charge >= 0.3 is 0 Å². The lowest BCUT2D eigenvalue weighted by Crippen LogP contribution is -2.40. The molecule has 2 rings (SSSR count). The van der Waals surface area contributed by atoms with Gasteiger partial charge in [0.1, 0.15) is 5.75 Å². The van der Waals surface area contributed by atoms with Crippen molar-refractivity contribution in [2.75, 3.05) is 24.4 Å². The smallest absolute Gasteiger partial charge is 0.279 e. The highest BCUT2D eigenvalue weighted by Crippen LogP contribution is 2.28. The van der Waals surface area contributed by atoms with Gasteiger partial charge in [0.25, 0.3) is 5.91 Å². The predicted octanol–water partition coefficient (Wildman–Crippen LogP) is 2.81. The molecule has 0 bridgehead atoms. The lowest BCUT2D eigenvalue weighted by Gasteiger charge is -2.16. The molecule has 1 heterocycles. The van der Waals surface area contributed by atoms with Crippen LogP contribution in [0.25, 0.3) is 0 Å². The van der Waals surface area contributed by atoms with Crippen molar-refractivity contribution < 1.29 is 9.53 Å². The van der Waals surface area contributed by atoms with Gasteiger partial charge in [0.15, 0.2) is 6.10 Å². The molecule has 0 saturated carbocycles. The van der Waals surface area contributed by atoms with E-state index in [4.69, 9.17) is 39.5 Å². The number of halogens is 3. The first-order chi connectivity index (χ1) is 11.8. The Labute approximate surface area is 159 Å². The first-order valence-corrected chi connectivity index (χ1v) is 8.16. The molecule has 1 aromatic carbocycles. The number of hydrazine groups is 1. The molecule has 134 valence electrons. The third kappa shape index (κ3) is 5.48. The Morgan fingerprint density at radius 2 is 1.92 bits per heavy atom. The Kier molecular flexibility index (Phi) is 6.46. The van der Waals surface area contributed by atoms with Crippen LogP contribution >= 0.6 is 34.8 Å². The van der Waals surface area contributed by atoms with E-state index < -0.39 is 12.0 Å². The number of nitrogens with zero attached hydrogens (tertiary/aromatic N) is 4. The van der Waals surface area contributed by atoms with Crippen LogP contribution in [0.2, 0.25) is 15.3 Å². The summed E-state index contributed by atoms with van der Waals surface area (Å²) in [5.41, 5.74) is 4.99. The summed E-state index contributed by atoms with van der Waals surface area (Å²) in [6.45, 7) is 1.56. The Morgan fingerprint density at radius 1 is 1.20 bits per heavy atom. The van der Waals surface area contributed by atoms with Crippen molar-refractivity contribution in [3.8, 4) is 5.75 Å². The summed E-state index contributed by atoms with van der Waals surface area (Å²) < 4.78 is 5.51. The molecule has 0 fully saturated rings. The fourth-order valence-electron chi connectivity index (χ4n) is 1.63. The minimum absolute atomic E-state index is 0.00677. The molecule has 0 spiro atoms. The van der Waals surface area contributed by atoms with Gasteiger partial charge in [-0.1, -0.05) is 23.2 Å². The summed E-state index contributed by atoms with van der Waals surface area (Å²) >= 11 is 17.6. The monoisotopic (exact) mass is 404 g/mol. The van der Waals surface area contributed by atoms with E-state index in [1.807, 2.05) is 0 Å². The highest BCUT2D eigenvalue weighted by atomic mass is 35.5. The quantitative estimate of drug-likeness (QED) is 0.714. The van der Waals surface area contributed by atoms with E-state index in [9.17, 15) is 4.79 Å². The molecule has 0 aliphatic rings. The van der Waals surface area contributed by atoms with Crippen molar-refractivity contribution in [1.29, 1.82) is 0 Å². The summed E-state index contributed by atoms with van der Waals surface area (Å²) in [6, 6.07) is 4.72. The van der Waals surface area contributed by atoms with E-state index >= 15 is 0 Å². The largest absolute Gasteiger partial charge is 0.479 e. The van der Waals surface area contributed by atoms with Crippen molar-refractivity contribution in [2.24, 2.45) is 0 Å². The summed E-state index contributed by atoms with van der Waals surface area (Å²) in [6.07, 6.45) is -0.836. The van der Waals surface area contributed by atoms with Gasteiger partial charge in [0, 0.05) is 19.1 Å². The molecule has 1 unspecified atom stereocenters. The zero-order chi connectivity index (χ0) is 18.6. The molecule has 1 aromatic heterocycles. The number of hydrogen-bond acceptors (Lipinski definition) is 7. The summed E-state index contributed by atoms with van der Waals surface area (Å²) in [5, 5.41) is 0.771. The maximum atomic E-state index is 12.1. The second-order valence-electron chi connectivity index (χ2n) is 5.07. The van der Waals surface area contributed by atoms with Gasteiger partial charge in [-0.25, -0.2) is 0 Å². The highest BCUT2D eigenvalue weighted by molar-refractivity contribution is 6.35. The molecule has 25 heavy (non-hydrogen) atoms. The first-order valence-electron chi connectivity index (χ1n) is 7.02. The second kappa shape index (κ2) is 8.37.